The molecule has 15 heavy (non-hydrogen) atoms. The summed E-state index contributed by atoms with van der Waals surface area (Å²) in [6, 6.07) is 8.28. The maximum Gasteiger partial charge on any atom is 0.216 e. The molecular formula is C13H17NO. The maximum absolute atomic E-state index is 5.86. The number of hydrogen-bond acceptors (Lipinski definition) is 2. The average Bonchev–Trinajstić information content (AvgIpc) is 2.16. The van der Waals surface area contributed by atoms with E-state index in [9.17, 15) is 0 Å². The Morgan fingerprint density at radius 2 is 2.13 bits per heavy atom. The van der Waals surface area contributed by atoms with Crippen LogP contribution in [0.25, 0.3) is 0 Å². The van der Waals surface area contributed by atoms with Crippen molar-refractivity contribution in [3.8, 4) is 0 Å². The van der Waals surface area contributed by atoms with Gasteiger partial charge in [-0.3, -0.25) is 4.99 Å². The third-order valence-electron chi connectivity index (χ3n) is 2.61. The monoisotopic (exact) mass is 203 g/mol. The van der Waals surface area contributed by atoms with E-state index < -0.39 is 0 Å². The van der Waals surface area contributed by atoms with Crippen molar-refractivity contribution in [3.05, 3.63) is 35.4 Å². The number of aliphatic imine (C=N–C) groups is 1. The van der Waals surface area contributed by atoms with Crippen LogP contribution in [0.2, 0.25) is 0 Å². The van der Waals surface area contributed by atoms with Crippen molar-refractivity contribution in [1.29, 1.82) is 0 Å². The Hall–Kier alpha value is -1.31. The molecule has 1 aromatic carbocycles. The fourth-order valence-corrected chi connectivity index (χ4v) is 1.70. The second-order valence-corrected chi connectivity index (χ2v) is 4.67. The van der Waals surface area contributed by atoms with E-state index in [1.165, 1.54) is 5.56 Å². The number of nitrogens with zero attached hydrogens (tertiary/aromatic N) is 1. The van der Waals surface area contributed by atoms with Crippen LogP contribution in [-0.2, 0) is 4.74 Å². The van der Waals surface area contributed by atoms with Gasteiger partial charge in [0, 0.05) is 18.5 Å². The van der Waals surface area contributed by atoms with Crippen LogP contribution in [0.5, 0.6) is 0 Å². The minimum atomic E-state index is -0.0825. The third-order valence-corrected chi connectivity index (χ3v) is 2.61. The third kappa shape index (κ3) is 2.38. The Morgan fingerprint density at radius 1 is 1.33 bits per heavy atom. The summed E-state index contributed by atoms with van der Waals surface area (Å²) in [5, 5.41) is 0. The first-order valence-corrected chi connectivity index (χ1v) is 5.37. The van der Waals surface area contributed by atoms with Gasteiger partial charge in [0.25, 0.3) is 0 Å². The number of ether oxygens (including phenoxy) is 1. The van der Waals surface area contributed by atoms with Crippen LogP contribution in [0.4, 0.5) is 0 Å². The first kappa shape index (κ1) is 10.2. The van der Waals surface area contributed by atoms with E-state index in [1.807, 2.05) is 12.1 Å². The Labute approximate surface area is 91.0 Å². The second kappa shape index (κ2) is 3.69. The summed E-state index contributed by atoms with van der Waals surface area (Å²) in [5.74, 6) is 0.787. The lowest BCUT2D eigenvalue weighted by atomic mass is 10.0. The van der Waals surface area contributed by atoms with Gasteiger partial charge in [-0.25, -0.2) is 0 Å². The first-order valence-electron chi connectivity index (χ1n) is 5.37. The Balaban J connectivity index is 2.28. The number of benzene rings is 1. The molecule has 0 fully saturated rings. The van der Waals surface area contributed by atoms with Gasteiger partial charge in [-0.15, -0.1) is 0 Å². The fourth-order valence-electron chi connectivity index (χ4n) is 1.70. The van der Waals surface area contributed by atoms with E-state index in [2.05, 4.69) is 37.9 Å². The lowest BCUT2D eigenvalue weighted by molar-refractivity contribution is 0.0776. The molecule has 0 N–H and O–H groups in total. The molecule has 0 radical (unpaired) electrons. The Bertz CT molecular complexity index is 393. The van der Waals surface area contributed by atoms with E-state index in [0.29, 0.717) is 0 Å². The number of rotatable bonds is 1. The highest BCUT2D eigenvalue weighted by atomic mass is 16.5. The first-order chi connectivity index (χ1) is 7.07. The van der Waals surface area contributed by atoms with E-state index in [1.54, 1.807) is 0 Å². The van der Waals surface area contributed by atoms with Crippen molar-refractivity contribution < 1.29 is 4.74 Å². The molecule has 0 aliphatic carbocycles. The molecule has 0 atom stereocenters. The molecule has 80 valence electrons. The molecule has 0 spiro atoms. The SMILES string of the molecule is Cc1cccc(C2=NCCC(C)(C)O2)c1. The largest absolute Gasteiger partial charge is 0.471 e. The lowest BCUT2D eigenvalue weighted by Crippen LogP contribution is -2.33. The van der Waals surface area contributed by atoms with Gasteiger partial charge in [-0.05, 0) is 32.9 Å². The molecule has 0 saturated carbocycles. The summed E-state index contributed by atoms with van der Waals surface area (Å²) >= 11 is 0. The molecule has 0 amide bonds. The zero-order chi connectivity index (χ0) is 10.9. The van der Waals surface area contributed by atoms with Crippen molar-refractivity contribution >= 4 is 5.90 Å². The smallest absolute Gasteiger partial charge is 0.216 e. The summed E-state index contributed by atoms with van der Waals surface area (Å²) in [5.41, 5.74) is 2.24. The van der Waals surface area contributed by atoms with E-state index in [0.717, 1.165) is 24.4 Å². The highest BCUT2D eigenvalue weighted by Crippen LogP contribution is 2.22. The zero-order valence-corrected chi connectivity index (χ0v) is 9.58. The van der Waals surface area contributed by atoms with Crippen LogP contribution in [0, 0.1) is 6.92 Å². The van der Waals surface area contributed by atoms with Crippen LogP contribution in [0.1, 0.15) is 31.4 Å². The predicted molar refractivity (Wildman–Crippen MR) is 62.4 cm³/mol. The van der Waals surface area contributed by atoms with Gasteiger partial charge in [-0.1, -0.05) is 17.7 Å². The van der Waals surface area contributed by atoms with Crippen LogP contribution in [0.15, 0.2) is 29.3 Å². The normalized spacial score (nSPS) is 19.3. The van der Waals surface area contributed by atoms with Gasteiger partial charge in [-0.2, -0.15) is 0 Å². The molecule has 1 heterocycles. The molecule has 0 unspecified atom stereocenters. The van der Waals surface area contributed by atoms with Gasteiger partial charge >= 0.3 is 0 Å². The van der Waals surface area contributed by atoms with Crippen molar-refractivity contribution in [2.75, 3.05) is 6.54 Å². The van der Waals surface area contributed by atoms with E-state index in [-0.39, 0.29) is 5.60 Å². The fraction of sp³-hybridized carbons (Fsp3) is 0.462. The highest BCUT2D eigenvalue weighted by molar-refractivity contribution is 5.94. The topological polar surface area (TPSA) is 21.6 Å². The summed E-state index contributed by atoms with van der Waals surface area (Å²) in [6.45, 7) is 7.16. The molecule has 2 heteroatoms. The number of aryl methyl sites for hydroxylation is 1. The van der Waals surface area contributed by atoms with Crippen LogP contribution < -0.4 is 0 Å². The molecule has 1 aliphatic rings. The van der Waals surface area contributed by atoms with Crippen molar-refractivity contribution in [3.63, 3.8) is 0 Å². The van der Waals surface area contributed by atoms with Gasteiger partial charge in [0.05, 0.1) is 0 Å². The predicted octanol–water partition coefficient (Wildman–Crippen LogP) is 2.94. The highest BCUT2D eigenvalue weighted by Gasteiger charge is 2.25. The van der Waals surface area contributed by atoms with E-state index in [4.69, 9.17) is 4.74 Å². The van der Waals surface area contributed by atoms with Gasteiger partial charge < -0.3 is 4.74 Å². The van der Waals surface area contributed by atoms with Crippen molar-refractivity contribution in [2.45, 2.75) is 32.8 Å². The minimum Gasteiger partial charge on any atom is -0.471 e. The van der Waals surface area contributed by atoms with Gasteiger partial charge in [0.2, 0.25) is 5.90 Å². The van der Waals surface area contributed by atoms with E-state index >= 15 is 0 Å². The molecule has 0 bridgehead atoms. The molecule has 2 nitrogen and oxygen atoms in total. The zero-order valence-electron chi connectivity index (χ0n) is 9.58. The summed E-state index contributed by atoms with van der Waals surface area (Å²) < 4.78 is 5.86. The van der Waals surface area contributed by atoms with Crippen LogP contribution in [0.3, 0.4) is 0 Å². The van der Waals surface area contributed by atoms with Crippen LogP contribution in [-0.4, -0.2) is 18.0 Å². The van der Waals surface area contributed by atoms with Crippen molar-refractivity contribution in [1.82, 2.24) is 0 Å². The van der Waals surface area contributed by atoms with Crippen LogP contribution >= 0.6 is 0 Å². The standard InChI is InChI=1S/C13H17NO/c1-10-5-4-6-11(9-10)12-14-8-7-13(2,3)15-12/h4-6,9H,7-8H2,1-3H3. The summed E-state index contributed by atoms with van der Waals surface area (Å²) in [7, 11) is 0. The minimum absolute atomic E-state index is 0.0825. The molecule has 0 aromatic heterocycles. The van der Waals surface area contributed by atoms with Crippen molar-refractivity contribution in [2.24, 2.45) is 4.99 Å². The Kier molecular flexibility index (Phi) is 2.51. The Morgan fingerprint density at radius 3 is 2.80 bits per heavy atom. The quantitative estimate of drug-likeness (QED) is 0.687. The summed E-state index contributed by atoms with van der Waals surface area (Å²) in [6.07, 6.45) is 0.988. The molecular weight excluding hydrogens is 186 g/mol. The maximum atomic E-state index is 5.86. The molecule has 1 aromatic rings. The number of hydrogen-bond donors (Lipinski definition) is 0. The summed E-state index contributed by atoms with van der Waals surface area (Å²) in [4.78, 5) is 4.43. The molecule has 1 aliphatic heterocycles. The van der Waals surface area contributed by atoms with Gasteiger partial charge in [0.1, 0.15) is 5.60 Å². The molecule has 0 saturated heterocycles. The lowest BCUT2D eigenvalue weighted by Gasteiger charge is -2.30. The van der Waals surface area contributed by atoms with Gasteiger partial charge in [0.15, 0.2) is 0 Å². The second-order valence-electron chi connectivity index (χ2n) is 4.67. The molecule has 2 rings (SSSR count). The average molecular weight is 203 g/mol.